The van der Waals surface area contributed by atoms with Crippen LogP contribution in [0, 0.1) is 0 Å². The molecule has 1 rings (SSSR count). The zero-order valence-corrected chi connectivity index (χ0v) is 12.4. The highest BCUT2D eigenvalue weighted by molar-refractivity contribution is 7.89. The lowest BCUT2D eigenvalue weighted by Crippen LogP contribution is -2.30. The highest BCUT2D eigenvalue weighted by Crippen LogP contribution is 2.20. The summed E-state index contributed by atoms with van der Waals surface area (Å²) in [7, 11) is -3.52. The minimum Gasteiger partial charge on any atom is -0.393 e. The van der Waals surface area contributed by atoms with E-state index < -0.39 is 16.1 Å². The van der Waals surface area contributed by atoms with Gasteiger partial charge in [-0.3, -0.25) is 0 Å². The second-order valence-corrected chi connectivity index (χ2v) is 6.52. The first kappa shape index (κ1) is 15.9. The van der Waals surface area contributed by atoms with Gasteiger partial charge < -0.3 is 10.4 Å². The average Bonchev–Trinajstić information content (AvgIpc) is 2.27. The van der Waals surface area contributed by atoms with E-state index in [2.05, 4.69) is 10.0 Å². The molecule has 6 heteroatoms. The summed E-state index contributed by atoms with van der Waals surface area (Å²) in [4.78, 5) is 0.231. The molecule has 0 aliphatic carbocycles. The van der Waals surface area contributed by atoms with Crippen molar-refractivity contribution in [2.75, 3.05) is 11.9 Å². The fourth-order valence-electron chi connectivity index (χ4n) is 1.64. The van der Waals surface area contributed by atoms with Crippen LogP contribution in [0.1, 0.15) is 27.2 Å². The highest BCUT2D eigenvalue weighted by Gasteiger charge is 2.18. The van der Waals surface area contributed by atoms with Crippen molar-refractivity contribution in [2.24, 2.45) is 0 Å². The van der Waals surface area contributed by atoms with Crippen molar-refractivity contribution in [3.8, 4) is 0 Å². The van der Waals surface area contributed by atoms with Gasteiger partial charge in [0.05, 0.1) is 11.8 Å². The van der Waals surface area contributed by atoms with Gasteiger partial charge in [-0.2, -0.15) is 0 Å². The van der Waals surface area contributed by atoms with Crippen molar-refractivity contribution in [1.29, 1.82) is 0 Å². The van der Waals surface area contributed by atoms with Crippen LogP contribution < -0.4 is 10.0 Å². The summed E-state index contributed by atoms with van der Waals surface area (Å²) in [5.74, 6) is 0. The third kappa shape index (κ3) is 5.18. The van der Waals surface area contributed by atoms with Crippen LogP contribution in [-0.2, 0) is 10.0 Å². The van der Waals surface area contributed by atoms with Crippen LogP contribution in [0.25, 0.3) is 0 Å². The fraction of sp³-hybridized carbons (Fsp3) is 0.538. The van der Waals surface area contributed by atoms with Gasteiger partial charge >= 0.3 is 0 Å². The van der Waals surface area contributed by atoms with Gasteiger partial charge in [-0.15, -0.1) is 0 Å². The number of rotatable bonds is 7. The molecule has 3 N–H and O–H groups in total. The van der Waals surface area contributed by atoms with Crippen molar-refractivity contribution in [2.45, 2.75) is 44.2 Å². The Morgan fingerprint density at radius 3 is 2.42 bits per heavy atom. The summed E-state index contributed by atoms with van der Waals surface area (Å²) in [6.07, 6.45) is 0.150. The molecule has 1 aromatic rings. The average molecular weight is 286 g/mol. The molecule has 0 heterocycles. The molecule has 0 aliphatic rings. The zero-order chi connectivity index (χ0) is 14.5. The number of hydrogen-bond acceptors (Lipinski definition) is 4. The summed E-state index contributed by atoms with van der Waals surface area (Å²) in [5.41, 5.74) is 0.552. The normalized spacial score (nSPS) is 13.5. The van der Waals surface area contributed by atoms with E-state index in [-0.39, 0.29) is 10.9 Å². The van der Waals surface area contributed by atoms with Crippen LogP contribution in [-0.4, -0.2) is 32.2 Å². The van der Waals surface area contributed by atoms with Crippen molar-refractivity contribution in [3.63, 3.8) is 0 Å². The Balaban J connectivity index is 2.89. The molecule has 0 radical (unpaired) electrons. The zero-order valence-electron chi connectivity index (χ0n) is 11.6. The quantitative estimate of drug-likeness (QED) is 0.711. The van der Waals surface area contributed by atoms with E-state index in [1.807, 2.05) is 0 Å². The van der Waals surface area contributed by atoms with Crippen LogP contribution in [0.3, 0.4) is 0 Å². The second-order valence-electron chi connectivity index (χ2n) is 4.84. The summed E-state index contributed by atoms with van der Waals surface area (Å²) in [5, 5.41) is 12.3. The first-order chi connectivity index (χ1) is 8.83. The predicted molar refractivity (Wildman–Crippen MR) is 76.7 cm³/mol. The molecule has 0 fully saturated rings. The van der Waals surface area contributed by atoms with E-state index in [1.165, 1.54) is 0 Å². The first-order valence-corrected chi connectivity index (χ1v) is 7.84. The van der Waals surface area contributed by atoms with E-state index in [4.69, 9.17) is 0 Å². The van der Waals surface area contributed by atoms with Crippen molar-refractivity contribution in [3.05, 3.63) is 24.3 Å². The van der Waals surface area contributed by atoms with Gasteiger partial charge in [-0.25, -0.2) is 13.1 Å². The molecular weight excluding hydrogens is 264 g/mol. The highest BCUT2D eigenvalue weighted by atomic mass is 32.2. The van der Waals surface area contributed by atoms with Gasteiger partial charge in [0.2, 0.25) is 10.0 Å². The molecule has 0 saturated carbocycles. The lowest BCUT2D eigenvalue weighted by atomic mass is 10.2. The van der Waals surface area contributed by atoms with Crippen molar-refractivity contribution < 1.29 is 13.5 Å². The topological polar surface area (TPSA) is 78.4 Å². The van der Waals surface area contributed by atoms with E-state index in [0.29, 0.717) is 18.7 Å². The van der Waals surface area contributed by atoms with Gasteiger partial charge in [0, 0.05) is 12.6 Å². The van der Waals surface area contributed by atoms with Gasteiger partial charge in [0.1, 0.15) is 4.90 Å². The number of para-hydroxylation sites is 1. The Hall–Kier alpha value is -1.11. The maximum absolute atomic E-state index is 12.2. The Labute approximate surface area is 115 Å². The van der Waals surface area contributed by atoms with Crippen LogP contribution in [0.5, 0.6) is 0 Å². The number of anilines is 1. The standard InChI is InChI=1S/C13H22N2O3S/c1-10(2)15-19(17,18)13-7-5-4-6-12(13)14-9-8-11(3)16/h4-7,10-11,14-16H,8-9H2,1-3H3. The first-order valence-electron chi connectivity index (χ1n) is 6.36. The molecule has 0 bridgehead atoms. The summed E-state index contributed by atoms with van der Waals surface area (Å²) in [6, 6.07) is 6.59. The minimum absolute atomic E-state index is 0.157. The second kappa shape index (κ2) is 6.88. The molecule has 1 aromatic carbocycles. The number of sulfonamides is 1. The molecule has 0 spiro atoms. The minimum atomic E-state index is -3.52. The van der Waals surface area contributed by atoms with Crippen molar-refractivity contribution in [1.82, 2.24) is 4.72 Å². The summed E-state index contributed by atoms with van der Waals surface area (Å²) in [6.45, 7) is 5.78. The van der Waals surface area contributed by atoms with E-state index in [0.717, 1.165) is 0 Å². The van der Waals surface area contributed by atoms with Gasteiger partial charge in [0.25, 0.3) is 0 Å². The molecule has 0 amide bonds. The molecule has 1 unspecified atom stereocenters. The van der Waals surface area contributed by atoms with E-state index in [9.17, 15) is 13.5 Å². The van der Waals surface area contributed by atoms with Crippen LogP contribution in [0.15, 0.2) is 29.2 Å². The van der Waals surface area contributed by atoms with Gasteiger partial charge in [0.15, 0.2) is 0 Å². The smallest absolute Gasteiger partial charge is 0.242 e. The van der Waals surface area contributed by atoms with Crippen LogP contribution in [0.2, 0.25) is 0 Å². The number of aliphatic hydroxyl groups excluding tert-OH is 1. The SMILES string of the molecule is CC(O)CCNc1ccccc1S(=O)(=O)NC(C)C. The van der Waals surface area contributed by atoms with Crippen molar-refractivity contribution >= 4 is 15.7 Å². The Morgan fingerprint density at radius 2 is 1.84 bits per heavy atom. The monoisotopic (exact) mass is 286 g/mol. The lowest BCUT2D eigenvalue weighted by molar-refractivity contribution is 0.188. The van der Waals surface area contributed by atoms with Crippen LogP contribution in [0.4, 0.5) is 5.69 Å². The van der Waals surface area contributed by atoms with E-state index >= 15 is 0 Å². The molecular formula is C13H22N2O3S. The Bertz CT molecular complexity index is 498. The Morgan fingerprint density at radius 1 is 1.21 bits per heavy atom. The molecule has 5 nitrogen and oxygen atoms in total. The molecule has 19 heavy (non-hydrogen) atoms. The Kier molecular flexibility index (Phi) is 5.78. The third-order valence-electron chi connectivity index (χ3n) is 2.44. The van der Waals surface area contributed by atoms with Gasteiger partial charge in [-0.1, -0.05) is 12.1 Å². The van der Waals surface area contributed by atoms with Gasteiger partial charge in [-0.05, 0) is 39.3 Å². The fourth-order valence-corrected chi connectivity index (χ4v) is 3.07. The number of nitrogens with one attached hydrogen (secondary N) is 2. The summed E-state index contributed by atoms with van der Waals surface area (Å²) >= 11 is 0. The summed E-state index contributed by atoms with van der Waals surface area (Å²) < 4.78 is 26.9. The number of hydrogen-bond donors (Lipinski definition) is 3. The molecule has 1 atom stereocenters. The molecule has 108 valence electrons. The molecule has 0 saturated heterocycles. The van der Waals surface area contributed by atoms with E-state index in [1.54, 1.807) is 45.0 Å². The maximum atomic E-state index is 12.2. The predicted octanol–water partition coefficient (Wildman–Crippen LogP) is 1.56. The number of benzene rings is 1. The van der Waals surface area contributed by atoms with Crippen LogP contribution >= 0.6 is 0 Å². The number of aliphatic hydroxyl groups is 1. The largest absolute Gasteiger partial charge is 0.393 e. The lowest BCUT2D eigenvalue weighted by Gasteiger charge is -2.15. The third-order valence-corrected chi connectivity index (χ3v) is 4.16. The maximum Gasteiger partial charge on any atom is 0.242 e. The molecule has 0 aromatic heterocycles. The molecule has 0 aliphatic heterocycles.